The van der Waals surface area contributed by atoms with Crippen LogP contribution in [0.3, 0.4) is 0 Å². The lowest BCUT2D eigenvalue weighted by atomic mass is 10.0. The molecule has 2 N–H and O–H groups in total. The van der Waals surface area contributed by atoms with Gasteiger partial charge in [-0.2, -0.15) is 0 Å². The summed E-state index contributed by atoms with van der Waals surface area (Å²) >= 11 is 0. The molecule has 0 unspecified atom stereocenters. The first-order chi connectivity index (χ1) is 10.7. The highest BCUT2D eigenvalue weighted by Gasteiger charge is 2.23. The fourth-order valence-corrected chi connectivity index (χ4v) is 3.04. The number of benzene rings is 2. The molecule has 1 heterocycles. The molecule has 4 heteroatoms. The van der Waals surface area contributed by atoms with Crippen LogP contribution in [0.4, 0.5) is 0 Å². The normalized spacial score (nSPS) is 11.2. The molecule has 114 valence electrons. The average molecular weight is 296 g/mol. The minimum Gasteiger partial charge on any atom is -0.462 e. The van der Waals surface area contributed by atoms with E-state index in [9.17, 15) is 4.79 Å². The molecule has 22 heavy (non-hydrogen) atoms. The molecule has 0 bridgehead atoms. The Morgan fingerprint density at radius 3 is 2.64 bits per heavy atom. The second kappa shape index (κ2) is 5.72. The zero-order valence-electron chi connectivity index (χ0n) is 12.9. The van der Waals surface area contributed by atoms with Crippen LogP contribution in [0.15, 0.2) is 36.4 Å². The second-order valence-corrected chi connectivity index (χ2v) is 5.35. The number of carbonyl (C=O) groups excluding carboxylic acids is 1. The van der Waals surface area contributed by atoms with Gasteiger partial charge in [-0.1, -0.05) is 49.7 Å². The fourth-order valence-electron chi connectivity index (χ4n) is 3.04. The molecular formula is C18H20N2O2. The monoisotopic (exact) mass is 296 g/mol. The largest absolute Gasteiger partial charge is 0.462 e. The van der Waals surface area contributed by atoms with Crippen LogP contribution in [-0.4, -0.2) is 17.3 Å². The van der Waals surface area contributed by atoms with E-state index in [1.54, 1.807) is 4.68 Å². The minimum absolute atomic E-state index is 0.296. The Labute approximate surface area is 129 Å². The summed E-state index contributed by atoms with van der Waals surface area (Å²) in [4.78, 5) is 12.4. The van der Waals surface area contributed by atoms with Crippen molar-refractivity contribution in [2.75, 3.05) is 12.4 Å². The number of nitrogen functional groups attached to an aromatic ring is 1. The Hall–Kier alpha value is -2.49. The average Bonchev–Trinajstić information content (AvgIpc) is 2.81. The molecule has 0 radical (unpaired) electrons. The van der Waals surface area contributed by atoms with Gasteiger partial charge in [-0.05, 0) is 18.7 Å². The highest BCUT2D eigenvalue weighted by molar-refractivity contribution is 6.14. The van der Waals surface area contributed by atoms with Gasteiger partial charge in [0, 0.05) is 10.8 Å². The number of rotatable bonds is 4. The van der Waals surface area contributed by atoms with Crippen LogP contribution in [0.1, 0.15) is 36.3 Å². The molecule has 3 rings (SSSR count). The van der Waals surface area contributed by atoms with Crippen LogP contribution in [0.5, 0.6) is 0 Å². The van der Waals surface area contributed by atoms with E-state index < -0.39 is 0 Å². The van der Waals surface area contributed by atoms with Gasteiger partial charge in [0.1, 0.15) is 0 Å². The number of hydrogen-bond acceptors (Lipinski definition) is 3. The lowest BCUT2D eigenvalue weighted by Crippen LogP contribution is -2.15. The van der Waals surface area contributed by atoms with E-state index in [2.05, 4.69) is 6.92 Å². The molecule has 0 aliphatic carbocycles. The van der Waals surface area contributed by atoms with Crippen molar-refractivity contribution in [2.45, 2.75) is 26.7 Å². The SMILES string of the molecule is CCCc1c(C(=O)OCC)c2ccc3ccccc3c2n1N. The van der Waals surface area contributed by atoms with Crippen molar-refractivity contribution in [2.24, 2.45) is 0 Å². The molecule has 3 aromatic rings. The number of hydrogen-bond donors (Lipinski definition) is 1. The Morgan fingerprint density at radius 2 is 1.91 bits per heavy atom. The number of fused-ring (bicyclic) bond motifs is 3. The van der Waals surface area contributed by atoms with Crippen molar-refractivity contribution in [1.29, 1.82) is 0 Å². The molecule has 2 aromatic carbocycles. The van der Waals surface area contributed by atoms with Gasteiger partial charge < -0.3 is 10.6 Å². The summed E-state index contributed by atoms with van der Waals surface area (Å²) in [6.07, 6.45) is 1.66. The van der Waals surface area contributed by atoms with Crippen LogP contribution in [0, 0.1) is 0 Å². The van der Waals surface area contributed by atoms with Crippen molar-refractivity contribution in [3.63, 3.8) is 0 Å². The Kier molecular flexibility index (Phi) is 3.75. The first-order valence-electron chi connectivity index (χ1n) is 7.66. The first-order valence-corrected chi connectivity index (χ1v) is 7.66. The number of nitrogens with two attached hydrogens (primary N) is 1. The van der Waals surface area contributed by atoms with Gasteiger partial charge in [-0.15, -0.1) is 0 Å². The van der Waals surface area contributed by atoms with Crippen LogP contribution in [0.25, 0.3) is 21.7 Å². The number of carbonyl (C=O) groups is 1. The summed E-state index contributed by atoms with van der Waals surface area (Å²) in [6, 6.07) is 12.1. The van der Waals surface area contributed by atoms with Gasteiger partial charge in [0.15, 0.2) is 0 Å². The van der Waals surface area contributed by atoms with Crippen molar-refractivity contribution < 1.29 is 9.53 Å². The summed E-state index contributed by atoms with van der Waals surface area (Å²) in [5, 5.41) is 3.02. The predicted molar refractivity (Wildman–Crippen MR) is 89.5 cm³/mol. The smallest absolute Gasteiger partial charge is 0.340 e. The third-order valence-corrected chi connectivity index (χ3v) is 3.96. The molecule has 0 spiro atoms. The highest BCUT2D eigenvalue weighted by Crippen LogP contribution is 2.32. The highest BCUT2D eigenvalue weighted by atomic mass is 16.5. The molecule has 0 saturated carbocycles. The van der Waals surface area contributed by atoms with Crippen molar-refractivity contribution in [3.05, 3.63) is 47.7 Å². The van der Waals surface area contributed by atoms with Gasteiger partial charge in [0.05, 0.1) is 23.4 Å². The van der Waals surface area contributed by atoms with E-state index in [0.29, 0.717) is 12.2 Å². The van der Waals surface area contributed by atoms with Crippen LogP contribution < -0.4 is 5.84 Å². The molecule has 0 atom stereocenters. The molecule has 0 aliphatic heterocycles. The van der Waals surface area contributed by atoms with Gasteiger partial charge in [0.25, 0.3) is 0 Å². The predicted octanol–water partition coefficient (Wildman–Crippen LogP) is 3.64. The summed E-state index contributed by atoms with van der Waals surface area (Å²) < 4.78 is 6.90. The first kappa shape index (κ1) is 14.4. The zero-order valence-corrected chi connectivity index (χ0v) is 12.9. The zero-order chi connectivity index (χ0) is 15.7. The van der Waals surface area contributed by atoms with Crippen LogP contribution in [0.2, 0.25) is 0 Å². The molecular weight excluding hydrogens is 276 g/mol. The lowest BCUT2D eigenvalue weighted by Gasteiger charge is -2.06. The Morgan fingerprint density at radius 1 is 1.14 bits per heavy atom. The summed E-state index contributed by atoms with van der Waals surface area (Å²) in [5.41, 5.74) is 2.34. The van der Waals surface area contributed by atoms with E-state index in [4.69, 9.17) is 10.6 Å². The molecule has 0 amide bonds. The van der Waals surface area contributed by atoms with E-state index in [0.717, 1.165) is 40.2 Å². The third-order valence-electron chi connectivity index (χ3n) is 3.96. The molecule has 0 fully saturated rings. The third kappa shape index (κ3) is 2.11. The number of aromatic nitrogens is 1. The lowest BCUT2D eigenvalue weighted by molar-refractivity contribution is 0.0527. The maximum absolute atomic E-state index is 12.4. The number of esters is 1. The van der Waals surface area contributed by atoms with Gasteiger partial charge in [0.2, 0.25) is 0 Å². The molecule has 0 saturated heterocycles. The van der Waals surface area contributed by atoms with E-state index in [1.807, 2.05) is 43.3 Å². The summed E-state index contributed by atoms with van der Waals surface area (Å²) in [5.74, 6) is 6.04. The van der Waals surface area contributed by atoms with Gasteiger partial charge >= 0.3 is 5.97 Å². The second-order valence-electron chi connectivity index (χ2n) is 5.35. The molecule has 4 nitrogen and oxygen atoms in total. The van der Waals surface area contributed by atoms with E-state index in [1.165, 1.54) is 0 Å². The quantitative estimate of drug-likeness (QED) is 0.590. The summed E-state index contributed by atoms with van der Waals surface area (Å²) in [6.45, 7) is 4.24. The minimum atomic E-state index is -0.296. The standard InChI is InChI=1S/C18H20N2O2/c1-3-7-15-16(18(21)22-4-2)14-11-10-12-8-5-6-9-13(12)17(14)20(15)19/h5-6,8-11H,3-4,7,19H2,1-2H3. The van der Waals surface area contributed by atoms with Crippen molar-refractivity contribution >= 4 is 27.6 Å². The molecule has 1 aromatic heterocycles. The van der Waals surface area contributed by atoms with Crippen LogP contribution >= 0.6 is 0 Å². The van der Waals surface area contributed by atoms with Crippen molar-refractivity contribution in [1.82, 2.24) is 4.68 Å². The topological polar surface area (TPSA) is 57.2 Å². The van der Waals surface area contributed by atoms with Gasteiger partial charge in [-0.25, -0.2) is 4.79 Å². The maximum Gasteiger partial charge on any atom is 0.340 e. The Balaban J connectivity index is 2.39. The molecule has 0 aliphatic rings. The number of ether oxygens (including phenoxy) is 1. The van der Waals surface area contributed by atoms with E-state index in [-0.39, 0.29) is 5.97 Å². The van der Waals surface area contributed by atoms with E-state index >= 15 is 0 Å². The summed E-state index contributed by atoms with van der Waals surface area (Å²) in [7, 11) is 0. The van der Waals surface area contributed by atoms with Crippen molar-refractivity contribution in [3.8, 4) is 0 Å². The van der Waals surface area contributed by atoms with Crippen LogP contribution in [-0.2, 0) is 11.2 Å². The van der Waals surface area contributed by atoms with Gasteiger partial charge in [-0.3, -0.25) is 4.68 Å². The Bertz CT molecular complexity index is 849. The fraction of sp³-hybridized carbons (Fsp3) is 0.278. The maximum atomic E-state index is 12.4. The number of nitrogens with zero attached hydrogens (tertiary/aromatic N) is 1.